The van der Waals surface area contributed by atoms with Gasteiger partial charge in [-0.05, 0) is 50.1 Å². The number of aromatic carboxylic acids is 1. The maximum atomic E-state index is 11.4. The van der Waals surface area contributed by atoms with Crippen molar-refractivity contribution in [2.75, 3.05) is 6.54 Å². The van der Waals surface area contributed by atoms with Crippen molar-refractivity contribution in [3.05, 3.63) is 65.2 Å². The summed E-state index contributed by atoms with van der Waals surface area (Å²) in [4.78, 5) is 11.4. The van der Waals surface area contributed by atoms with Gasteiger partial charge in [0.25, 0.3) is 0 Å². The van der Waals surface area contributed by atoms with Crippen LogP contribution >= 0.6 is 0 Å². The Morgan fingerprint density at radius 3 is 2.44 bits per heavy atom. The fourth-order valence-electron chi connectivity index (χ4n) is 2.28. The van der Waals surface area contributed by atoms with Crippen molar-refractivity contribution >= 4 is 5.97 Å². The predicted molar refractivity (Wildman–Crippen MR) is 96.9 cm³/mol. The van der Waals surface area contributed by atoms with Crippen molar-refractivity contribution in [2.45, 2.75) is 39.0 Å². The number of hydrogen-bond acceptors (Lipinski definition) is 4. The number of carboxylic acid groups (broad SMARTS) is 1. The number of carboxylic acids is 1. The van der Waals surface area contributed by atoms with Crippen molar-refractivity contribution in [1.82, 2.24) is 5.32 Å². The van der Waals surface area contributed by atoms with E-state index >= 15 is 0 Å². The highest BCUT2D eigenvalue weighted by Gasteiger charge is 2.16. The highest BCUT2D eigenvalue weighted by atomic mass is 16.5. The van der Waals surface area contributed by atoms with E-state index in [0.29, 0.717) is 24.5 Å². The molecule has 0 bridgehead atoms. The van der Waals surface area contributed by atoms with Gasteiger partial charge >= 0.3 is 5.97 Å². The number of β-amino-alcohol motifs (C(OH)–C–C–N with tert-alkyl or cyclic N) is 1. The Hall–Kier alpha value is -2.37. The lowest BCUT2D eigenvalue weighted by molar-refractivity contribution is 0.0695. The summed E-state index contributed by atoms with van der Waals surface area (Å²) in [6.07, 6.45) is -0.822. The average molecular weight is 343 g/mol. The molecule has 0 aliphatic heterocycles. The fraction of sp³-hybridized carbons (Fsp3) is 0.350. The summed E-state index contributed by atoms with van der Waals surface area (Å²) in [5.74, 6) is -0.629. The maximum absolute atomic E-state index is 11.4. The van der Waals surface area contributed by atoms with Gasteiger partial charge < -0.3 is 20.3 Å². The van der Waals surface area contributed by atoms with E-state index in [0.717, 1.165) is 5.56 Å². The lowest BCUT2D eigenvalue weighted by Crippen LogP contribution is -2.38. The van der Waals surface area contributed by atoms with Crippen LogP contribution in [-0.4, -0.2) is 28.3 Å². The molecule has 0 saturated carbocycles. The minimum atomic E-state index is -1.05. The van der Waals surface area contributed by atoms with Gasteiger partial charge in [0, 0.05) is 12.1 Å². The zero-order chi connectivity index (χ0) is 18.4. The Balaban J connectivity index is 2.16. The smallest absolute Gasteiger partial charge is 0.335 e. The lowest BCUT2D eigenvalue weighted by atomic mass is 10.0. The minimum absolute atomic E-state index is 0.0929. The van der Waals surface area contributed by atoms with Crippen LogP contribution in [0.5, 0.6) is 5.75 Å². The van der Waals surface area contributed by atoms with Crippen molar-refractivity contribution in [3.63, 3.8) is 0 Å². The second kappa shape index (κ2) is 8.14. The predicted octanol–water partition coefficient (Wildman–Crippen LogP) is 3.39. The van der Waals surface area contributed by atoms with E-state index in [-0.39, 0.29) is 11.1 Å². The van der Waals surface area contributed by atoms with E-state index in [9.17, 15) is 15.0 Å². The molecule has 0 heterocycles. The van der Waals surface area contributed by atoms with Gasteiger partial charge in [0.2, 0.25) is 0 Å². The first-order valence-electron chi connectivity index (χ1n) is 8.23. The van der Waals surface area contributed by atoms with Crippen LogP contribution in [0.15, 0.2) is 48.5 Å². The van der Waals surface area contributed by atoms with Crippen LogP contribution in [0.25, 0.3) is 0 Å². The van der Waals surface area contributed by atoms with E-state index in [1.165, 1.54) is 12.1 Å². The minimum Gasteiger partial charge on any atom is -0.489 e. The number of rotatable bonds is 7. The van der Waals surface area contributed by atoms with E-state index < -0.39 is 12.1 Å². The van der Waals surface area contributed by atoms with Gasteiger partial charge in [-0.15, -0.1) is 0 Å². The molecule has 0 spiro atoms. The molecule has 0 saturated heterocycles. The van der Waals surface area contributed by atoms with E-state index in [1.807, 2.05) is 51.1 Å². The number of carbonyl (C=O) groups is 1. The molecule has 0 aliphatic carbocycles. The average Bonchev–Trinajstić information content (AvgIpc) is 2.57. The summed E-state index contributed by atoms with van der Waals surface area (Å²) in [5.41, 5.74) is 1.45. The van der Waals surface area contributed by atoms with Gasteiger partial charge in [0.1, 0.15) is 12.4 Å². The van der Waals surface area contributed by atoms with Crippen molar-refractivity contribution in [1.29, 1.82) is 0 Å². The third-order valence-corrected chi connectivity index (χ3v) is 3.63. The third kappa shape index (κ3) is 6.21. The molecule has 0 amide bonds. The Morgan fingerprint density at radius 1 is 1.16 bits per heavy atom. The lowest BCUT2D eigenvalue weighted by Gasteiger charge is -2.23. The Morgan fingerprint density at radius 2 is 1.84 bits per heavy atom. The molecule has 2 rings (SSSR count). The molecular weight excluding hydrogens is 318 g/mol. The van der Waals surface area contributed by atoms with Gasteiger partial charge in [-0.25, -0.2) is 4.79 Å². The number of aliphatic hydroxyl groups is 1. The molecular formula is C20H25NO4. The van der Waals surface area contributed by atoms with Gasteiger partial charge in [-0.1, -0.05) is 30.3 Å². The molecule has 25 heavy (non-hydrogen) atoms. The van der Waals surface area contributed by atoms with E-state index in [1.54, 1.807) is 6.07 Å². The summed E-state index contributed by atoms with van der Waals surface area (Å²) in [6, 6.07) is 14.3. The first-order chi connectivity index (χ1) is 11.7. The molecule has 0 fully saturated rings. The Bertz CT molecular complexity index is 707. The van der Waals surface area contributed by atoms with Crippen LogP contribution in [0.2, 0.25) is 0 Å². The zero-order valence-electron chi connectivity index (χ0n) is 14.8. The van der Waals surface area contributed by atoms with Crippen molar-refractivity contribution in [3.8, 4) is 5.75 Å². The van der Waals surface area contributed by atoms with Crippen LogP contribution < -0.4 is 10.1 Å². The summed E-state index contributed by atoms with van der Waals surface area (Å²) in [7, 11) is 0. The van der Waals surface area contributed by atoms with Crippen molar-refractivity contribution < 1.29 is 19.7 Å². The molecule has 5 nitrogen and oxygen atoms in total. The SMILES string of the molecule is CC(C)(C)NCC(O)c1cc(OCc2ccccc2)cc(C(=O)O)c1. The van der Waals surface area contributed by atoms with Crippen LogP contribution in [0.1, 0.15) is 48.4 Å². The summed E-state index contributed by atoms with van der Waals surface area (Å²) in [6.45, 7) is 6.66. The normalized spacial score (nSPS) is 12.6. The molecule has 0 aliphatic rings. The maximum Gasteiger partial charge on any atom is 0.335 e. The highest BCUT2D eigenvalue weighted by Crippen LogP contribution is 2.23. The second-order valence-electron chi connectivity index (χ2n) is 7.02. The van der Waals surface area contributed by atoms with Gasteiger partial charge in [0.05, 0.1) is 11.7 Å². The van der Waals surface area contributed by atoms with Crippen LogP contribution in [-0.2, 0) is 6.61 Å². The fourth-order valence-corrected chi connectivity index (χ4v) is 2.28. The molecule has 2 aromatic rings. The van der Waals surface area contributed by atoms with Crippen LogP contribution in [0.3, 0.4) is 0 Å². The molecule has 0 radical (unpaired) electrons. The number of ether oxygens (including phenoxy) is 1. The molecule has 5 heteroatoms. The standard InChI is InChI=1S/C20H25NO4/c1-20(2,3)21-12-18(22)15-9-16(19(23)24)11-17(10-15)25-13-14-7-5-4-6-8-14/h4-11,18,21-22H,12-13H2,1-3H3,(H,23,24). The van der Waals surface area contributed by atoms with Crippen LogP contribution in [0, 0.1) is 0 Å². The first-order valence-corrected chi connectivity index (χ1v) is 8.23. The monoisotopic (exact) mass is 343 g/mol. The molecule has 0 aromatic heterocycles. The van der Waals surface area contributed by atoms with E-state index in [4.69, 9.17) is 4.74 Å². The highest BCUT2D eigenvalue weighted by molar-refractivity contribution is 5.88. The number of aliphatic hydroxyl groups excluding tert-OH is 1. The summed E-state index contributed by atoms with van der Waals surface area (Å²) >= 11 is 0. The number of benzene rings is 2. The molecule has 1 atom stereocenters. The number of nitrogens with one attached hydrogen (secondary N) is 1. The summed E-state index contributed by atoms with van der Waals surface area (Å²) < 4.78 is 5.72. The zero-order valence-corrected chi connectivity index (χ0v) is 14.8. The molecule has 1 unspecified atom stereocenters. The van der Waals surface area contributed by atoms with Gasteiger partial charge in [-0.3, -0.25) is 0 Å². The van der Waals surface area contributed by atoms with Gasteiger partial charge in [0.15, 0.2) is 0 Å². The molecule has 3 N–H and O–H groups in total. The summed E-state index contributed by atoms with van der Waals surface area (Å²) in [5, 5.41) is 22.9. The quantitative estimate of drug-likeness (QED) is 0.718. The largest absolute Gasteiger partial charge is 0.489 e. The second-order valence-corrected chi connectivity index (χ2v) is 7.02. The topological polar surface area (TPSA) is 78.8 Å². The number of hydrogen-bond donors (Lipinski definition) is 3. The first kappa shape index (κ1) is 19.0. The molecule has 134 valence electrons. The third-order valence-electron chi connectivity index (χ3n) is 3.63. The van der Waals surface area contributed by atoms with Crippen LogP contribution in [0.4, 0.5) is 0 Å². The van der Waals surface area contributed by atoms with Crippen molar-refractivity contribution in [2.24, 2.45) is 0 Å². The van der Waals surface area contributed by atoms with Gasteiger partial charge in [-0.2, -0.15) is 0 Å². The van der Waals surface area contributed by atoms with E-state index in [2.05, 4.69) is 5.32 Å². The molecule has 2 aromatic carbocycles. The Kier molecular flexibility index (Phi) is 6.17. The Labute approximate surface area is 148 Å².